The van der Waals surface area contributed by atoms with Crippen LogP contribution in [0.2, 0.25) is 0 Å². The zero-order valence-electron chi connectivity index (χ0n) is 15.5. The van der Waals surface area contributed by atoms with E-state index < -0.39 is 0 Å². The van der Waals surface area contributed by atoms with E-state index >= 15 is 0 Å². The van der Waals surface area contributed by atoms with E-state index in [0.717, 1.165) is 74.2 Å². The summed E-state index contributed by atoms with van der Waals surface area (Å²) in [4.78, 5) is 7.00. The SMILES string of the molecule is Cc1cc(NCCCN2CCOCC2)n2nc(-c3ccc(F)cc3)cc2n1. The molecule has 0 amide bonds. The average molecular weight is 369 g/mol. The molecule has 3 aromatic rings. The molecule has 142 valence electrons. The number of nitrogens with one attached hydrogen (secondary N) is 1. The normalized spacial score (nSPS) is 15.3. The fraction of sp³-hybridized carbons (Fsp3) is 0.400. The first-order chi connectivity index (χ1) is 13.2. The van der Waals surface area contributed by atoms with Crippen LogP contribution in [-0.2, 0) is 4.74 Å². The first kappa shape index (κ1) is 17.9. The molecule has 27 heavy (non-hydrogen) atoms. The molecule has 7 heteroatoms. The van der Waals surface area contributed by atoms with Crippen molar-refractivity contribution in [1.29, 1.82) is 0 Å². The van der Waals surface area contributed by atoms with Gasteiger partial charge in [-0.25, -0.2) is 9.37 Å². The van der Waals surface area contributed by atoms with Gasteiger partial charge in [-0.2, -0.15) is 9.61 Å². The quantitative estimate of drug-likeness (QED) is 0.677. The highest BCUT2D eigenvalue weighted by molar-refractivity contribution is 5.65. The molecule has 0 bridgehead atoms. The number of rotatable bonds is 6. The van der Waals surface area contributed by atoms with E-state index in [1.54, 1.807) is 12.1 Å². The van der Waals surface area contributed by atoms with Gasteiger partial charge in [-0.1, -0.05) is 0 Å². The highest BCUT2D eigenvalue weighted by atomic mass is 19.1. The van der Waals surface area contributed by atoms with Crippen molar-refractivity contribution in [3.8, 4) is 11.3 Å². The molecule has 1 aliphatic heterocycles. The monoisotopic (exact) mass is 369 g/mol. The molecular formula is C20H24FN5O. The summed E-state index contributed by atoms with van der Waals surface area (Å²) in [6.07, 6.45) is 1.05. The third-order valence-corrected chi connectivity index (χ3v) is 4.76. The first-order valence-corrected chi connectivity index (χ1v) is 9.36. The van der Waals surface area contributed by atoms with Crippen LogP contribution in [0.3, 0.4) is 0 Å². The second-order valence-corrected chi connectivity index (χ2v) is 6.82. The Balaban J connectivity index is 1.47. The van der Waals surface area contributed by atoms with Crippen molar-refractivity contribution in [2.75, 3.05) is 44.7 Å². The Morgan fingerprint density at radius 1 is 1.15 bits per heavy atom. The van der Waals surface area contributed by atoms with Gasteiger partial charge in [0.25, 0.3) is 0 Å². The summed E-state index contributed by atoms with van der Waals surface area (Å²) in [5, 5.41) is 8.15. The maximum Gasteiger partial charge on any atom is 0.158 e. The van der Waals surface area contributed by atoms with Gasteiger partial charge < -0.3 is 10.1 Å². The molecule has 0 spiro atoms. The minimum Gasteiger partial charge on any atom is -0.379 e. The lowest BCUT2D eigenvalue weighted by Gasteiger charge is -2.26. The van der Waals surface area contributed by atoms with Gasteiger partial charge >= 0.3 is 0 Å². The molecule has 1 fully saturated rings. The summed E-state index contributed by atoms with van der Waals surface area (Å²) < 4.78 is 20.4. The number of aromatic nitrogens is 3. The van der Waals surface area contributed by atoms with Crippen molar-refractivity contribution in [1.82, 2.24) is 19.5 Å². The van der Waals surface area contributed by atoms with Gasteiger partial charge in [0, 0.05) is 43.0 Å². The van der Waals surface area contributed by atoms with Gasteiger partial charge in [-0.05, 0) is 44.2 Å². The lowest BCUT2D eigenvalue weighted by atomic mass is 10.1. The number of hydrogen-bond acceptors (Lipinski definition) is 5. The minimum absolute atomic E-state index is 0.251. The molecule has 2 aromatic heterocycles. The molecule has 0 aliphatic carbocycles. The Hall–Kier alpha value is -2.51. The van der Waals surface area contributed by atoms with Crippen LogP contribution in [0.1, 0.15) is 12.1 Å². The van der Waals surface area contributed by atoms with Gasteiger partial charge in [0.1, 0.15) is 11.6 Å². The lowest BCUT2D eigenvalue weighted by molar-refractivity contribution is 0.0378. The van der Waals surface area contributed by atoms with Crippen LogP contribution in [0.5, 0.6) is 0 Å². The predicted octanol–water partition coefficient (Wildman–Crippen LogP) is 2.98. The number of fused-ring (bicyclic) bond motifs is 1. The highest BCUT2D eigenvalue weighted by Gasteiger charge is 2.11. The molecule has 6 nitrogen and oxygen atoms in total. The zero-order valence-corrected chi connectivity index (χ0v) is 15.5. The van der Waals surface area contributed by atoms with Crippen LogP contribution in [0.4, 0.5) is 10.2 Å². The van der Waals surface area contributed by atoms with Gasteiger partial charge in [-0.3, -0.25) is 4.90 Å². The Bertz CT molecular complexity index is 903. The molecule has 0 saturated carbocycles. The largest absolute Gasteiger partial charge is 0.379 e. The summed E-state index contributed by atoms with van der Waals surface area (Å²) in [6, 6.07) is 10.3. The fourth-order valence-corrected chi connectivity index (χ4v) is 3.33. The molecule has 0 atom stereocenters. The Morgan fingerprint density at radius 2 is 1.93 bits per heavy atom. The average Bonchev–Trinajstić information content (AvgIpc) is 3.10. The van der Waals surface area contributed by atoms with Crippen molar-refractivity contribution < 1.29 is 9.13 Å². The summed E-state index contributed by atoms with van der Waals surface area (Å²) in [5.74, 6) is 0.673. The smallest absolute Gasteiger partial charge is 0.158 e. The number of halogens is 1. The van der Waals surface area contributed by atoms with Gasteiger partial charge in [0.05, 0.1) is 18.9 Å². The number of aryl methyl sites for hydroxylation is 1. The highest BCUT2D eigenvalue weighted by Crippen LogP contribution is 2.22. The Labute approximate surface area is 158 Å². The predicted molar refractivity (Wildman–Crippen MR) is 103 cm³/mol. The zero-order chi connectivity index (χ0) is 18.6. The summed E-state index contributed by atoms with van der Waals surface area (Å²) in [6.45, 7) is 7.58. The number of benzene rings is 1. The van der Waals surface area contributed by atoms with E-state index in [2.05, 4.69) is 20.3 Å². The summed E-state index contributed by atoms with van der Waals surface area (Å²) in [7, 11) is 0. The maximum absolute atomic E-state index is 13.2. The Kier molecular flexibility index (Phi) is 5.31. The molecule has 0 unspecified atom stereocenters. The number of morpholine rings is 1. The first-order valence-electron chi connectivity index (χ1n) is 9.36. The van der Waals surface area contributed by atoms with Crippen LogP contribution in [-0.4, -0.2) is 58.9 Å². The topological polar surface area (TPSA) is 54.7 Å². The summed E-state index contributed by atoms with van der Waals surface area (Å²) >= 11 is 0. The second kappa shape index (κ2) is 8.02. The van der Waals surface area contributed by atoms with Gasteiger partial charge in [-0.15, -0.1) is 0 Å². The van der Waals surface area contributed by atoms with Crippen molar-refractivity contribution in [3.05, 3.63) is 47.9 Å². The van der Waals surface area contributed by atoms with E-state index in [1.165, 1.54) is 12.1 Å². The second-order valence-electron chi connectivity index (χ2n) is 6.82. The minimum atomic E-state index is -0.251. The molecule has 1 N–H and O–H groups in total. The standard InChI is InChI=1S/C20H24FN5O/c1-15-13-19(22-7-2-8-25-9-11-27-12-10-25)26-20(23-15)14-18(24-26)16-3-5-17(21)6-4-16/h3-6,13-14,22H,2,7-12H2,1H3. The molecule has 4 rings (SSSR count). The van der Waals surface area contributed by atoms with E-state index in [9.17, 15) is 4.39 Å². The maximum atomic E-state index is 13.2. The van der Waals surface area contributed by atoms with E-state index in [1.807, 2.05) is 23.6 Å². The molecular weight excluding hydrogens is 345 g/mol. The molecule has 0 radical (unpaired) electrons. The lowest BCUT2D eigenvalue weighted by Crippen LogP contribution is -2.37. The molecule has 1 saturated heterocycles. The van der Waals surface area contributed by atoms with Crippen molar-refractivity contribution >= 4 is 11.5 Å². The van der Waals surface area contributed by atoms with E-state index in [0.29, 0.717) is 0 Å². The number of hydrogen-bond donors (Lipinski definition) is 1. The molecule has 1 aromatic carbocycles. The third-order valence-electron chi connectivity index (χ3n) is 4.76. The van der Waals surface area contributed by atoms with Gasteiger partial charge in [0.2, 0.25) is 0 Å². The Morgan fingerprint density at radius 3 is 2.70 bits per heavy atom. The van der Waals surface area contributed by atoms with Crippen LogP contribution in [0.15, 0.2) is 36.4 Å². The summed E-state index contributed by atoms with van der Waals surface area (Å²) in [5.41, 5.74) is 3.37. The number of anilines is 1. The fourth-order valence-electron chi connectivity index (χ4n) is 3.33. The van der Waals surface area contributed by atoms with E-state index in [-0.39, 0.29) is 5.82 Å². The van der Waals surface area contributed by atoms with E-state index in [4.69, 9.17) is 4.74 Å². The van der Waals surface area contributed by atoms with Gasteiger partial charge in [0.15, 0.2) is 5.65 Å². The van der Waals surface area contributed by atoms with Crippen LogP contribution < -0.4 is 5.32 Å². The molecule has 3 heterocycles. The number of nitrogens with zero attached hydrogens (tertiary/aromatic N) is 4. The van der Waals surface area contributed by atoms with Crippen LogP contribution >= 0.6 is 0 Å². The van der Waals surface area contributed by atoms with Crippen molar-refractivity contribution in [2.24, 2.45) is 0 Å². The number of ether oxygens (including phenoxy) is 1. The van der Waals surface area contributed by atoms with Crippen LogP contribution in [0, 0.1) is 12.7 Å². The molecule has 1 aliphatic rings. The van der Waals surface area contributed by atoms with Crippen LogP contribution in [0.25, 0.3) is 16.9 Å². The third kappa shape index (κ3) is 4.26. The van der Waals surface area contributed by atoms with Crippen molar-refractivity contribution in [3.63, 3.8) is 0 Å². The van der Waals surface area contributed by atoms with Crippen molar-refractivity contribution in [2.45, 2.75) is 13.3 Å².